The van der Waals surface area contributed by atoms with Gasteiger partial charge in [-0.1, -0.05) is 35.0 Å². The number of hydrogen-bond donors (Lipinski definition) is 0. The molecular weight excluding hydrogens is 427 g/mol. The summed E-state index contributed by atoms with van der Waals surface area (Å²) in [5.41, 5.74) is 0. The first-order valence-electron chi connectivity index (χ1n) is 7.20. The van der Waals surface area contributed by atoms with Crippen LogP contribution in [0.15, 0.2) is 66.9 Å². The molecule has 1 heterocycles. The second-order valence-corrected chi connectivity index (χ2v) is 9.27. The zero-order chi connectivity index (χ0) is 18.6. The van der Waals surface area contributed by atoms with Crippen molar-refractivity contribution in [3.05, 3.63) is 75.8 Å². The summed E-state index contributed by atoms with van der Waals surface area (Å²) in [5, 5.41) is 0.615. The summed E-state index contributed by atoms with van der Waals surface area (Å²) in [4.78, 5) is 2.48. The molecule has 3 aromatic rings. The van der Waals surface area contributed by atoms with Gasteiger partial charge in [0.25, 0.3) is 0 Å². The van der Waals surface area contributed by atoms with Crippen molar-refractivity contribution < 1.29 is 17.6 Å². The fourth-order valence-electron chi connectivity index (χ4n) is 2.59. The Bertz CT molecular complexity index is 998. The van der Waals surface area contributed by atoms with Gasteiger partial charge in [-0.3, -0.25) is 0 Å². The van der Waals surface area contributed by atoms with Gasteiger partial charge in [0.2, 0.25) is 0 Å². The second-order valence-electron chi connectivity index (χ2n) is 5.41. The molecule has 0 nitrogen and oxygen atoms in total. The minimum Gasteiger partial charge on any atom is -0.204 e. The van der Waals surface area contributed by atoms with E-state index in [1.807, 2.05) is 0 Å². The SMILES string of the molecule is Fc1cc2c(cc1F)[S+](c1ccc(Cl)c(Cl)c1)c1cc(F)c(F)cc1S2. The second kappa shape index (κ2) is 6.68. The van der Waals surface area contributed by atoms with E-state index in [1.54, 1.807) is 18.2 Å². The van der Waals surface area contributed by atoms with Gasteiger partial charge in [-0.15, -0.1) is 0 Å². The lowest BCUT2D eigenvalue weighted by Gasteiger charge is -2.19. The van der Waals surface area contributed by atoms with Crippen molar-refractivity contribution in [1.82, 2.24) is 0 Å². The minimum atomic E-state index is -1.01. The third-order valence-corrected chi connectivity index (χ3v) is 8.15. The molecule has 0 saturated carbocycles. The van der Waals surface area contributed by atoms with Crippen molar-refractivity contribution >= 4 is 45.9 Å². The van der Waals surface area contributed by atoms with Crippen LogP contribution in [0.2, 0.25) is 10.0 Å². The van der Waals surface area contributed by atoms with Crippen LogP contribution in [0.5, 0.6) is 0 Å². The highest BCUT2D eigenvalue weighted by molar-refractivity contribution is 8.04. The smallest absolute Gasteiger partial charge is 0.183 e. The lowest BCUT2D eigenvalue weighted by molar-refractivity contribution is 0.499. The maximum atomic E-state index is 13.9. The highest BCUT2D eigenvalue weighted by Gasteiger charge is 2.40. The van der Waals surface area contributed by atoms with Gasteiger partial charge in [0.1, 0.15) is 10.9 Å². The molecule has 0 saturated heterocycles. The molecule has 0 aromatic heterocycles. The lowest BCUT2D eigenvalue weighted by Crippen LogP contribution is -2.13. The third-order valence-electron chi connectivity index (χ3n) is 3.76. The van der Waals surface area contributed by atoms with Crippen molar-refractivity contribution in [3.63, 3.8) is 0 Å². The first-order chi connectivity index (χ1) is 12.3. The average molecular weight is 434 g/mol. The Balaban J connectivity index is 2.01. The molecule has 0 bridgehead atoms. The molecule has 0 spiro atoms. The predicted octanol–water partition coefficient (Wildman–Crippen LogP) is 7.11. The Morgan fingerprint density at radius 2 is 1.15 bits per heavy atom. The standard InChI is InChI=1S/C18H7Cl2F4S2/c19-9-2-1-8(3-10(9)20)26-17-6-13(23)11(21)4-15(17)25-16-5-12(22)14(24)7-18(16)26/h1-7H/q+1. The Labute approximate surface area is 163 Å². The molecule has 0 radical (unpaired) electrons. The molecule has 132 valence electrons. The van der Waals surface area contributed by atoms with E-state index in [2.05, 4.69) is 0 Å². The summed E-state index contributed by atoms with van der Waals surface area (Å²) < 4.78 is 55.2. The highest BCUT2D eigenvalue weighted by atomic mass is 35.5. The fourth-order valence-corrected chi connectivity index (χ4v) is 6.73. The number of benzene rings is 3. The number of hydrogen-bond acceptors (Lipinski definition) is 1. The van der Waals surface area contributed by atoms with E-state index in [4.69, 9.17) is 23.2 Å². The summed E-state index contributed by atoms with van der Waals surface area (Å²) in [6.45, 7) is 0. The third kappa shape index (κ3) is 2.99. The van der Waals surface area contributed by atoms with Gasteiger partial charge in [0, 0.05) is 18.2 Å². The number of rotatable bonds is 1. The first-order valence-corrected chi connectivity index (χ1v) is 10.00. The molecule has 0 atom stereocenters. The van der Waals surface area contributed by atoms with E-state index < -0.39 is 34.2 Å². The quantitative estimate of drug-likeness (QED) is 0.227. The molecule has 0 N–H and O–H groups in total. The van der Waals surface area contributed by atoms with Crippen molar-refractivity contribution in [1.29, 1.82) is 0 Å². The summed E-state index contributed by atoms with van der Waals surface area (Å²) in [6.07, 6.45) is 0. The predicted molar refractivity (Wildman–Crippen MR) is 95.5 cm³/mol. The van der Waals surface area contributed by atoms with Crippen LogP contribution in [0, 0.1) is 23.3 Å². The van der Waals surface area contributed by atoms with E-state index in [1.165, 1.54) is 0 Å². The fraction of sp³-hybridized carbons (Fsp3) is 0. The lowest BCUT2D eigenvalue weighted by atomic mass is 10.3. The van der Waals surface area contributed by atoms with Crippen LogP contribution in [0.1, 0.15) is 0 Å². The summed E-state index contributed by atoms with van der Waals surface area (Å²) >= 11 is 13.1. The van der Waals surface area contributed by atoms with Gasteiger partial charge in [-0.2, -0.15) is 0 Å². The highest BCUT2D eigenvalue weighted by Crippen LogP contribution is 2.49. The van der Waals surface area contributed by atoms with E-state index in [9.17, 15) is 17.6 Å². The van der Waals surface area contributed by atoms with E-state index in [0.717, 1.165) is 36.0 Å². The maximum Gasteiger partial charge on any atom is 0.183 e. The van der Waals surface area contributed by atoms with Gasteiger partial charge in [-0.25, -0.2) is 17.6 Å². The van der Waals surface area contributed by atoms with Crippen LogP contribution in [0.4, 0.5) is 17.6 Å². The zero-order valence-electron chi connectivity index (χ0n) is 12.6. The van der Waals surface area contributed by atoms with Gasteiger partial charge in [0.15, 0.2) is 38.0 Å². The van der Waals surface area contributed by atoms with Crippen LogP contribution < -0.4 is 0 Å². The molecule has 0 fully saturated rings. The Morgan fingerprint density at radius 1 is 0.654 bits per heavy atom. The summed E-state index contributed by atoms with van der Waals surface area (Å²) in [7, 11) is -0.991. The van der Waals surface area contributed by atoms with Crippen LogP contribution >= 0.6 is 35.0 Å². The molecule has 3 aromatic carbocycles. The normalized spacial score (nSPS) is 13.5. The zero-order valence-corrected chi connectivity index (χ0v) is 15.8. The molecule has 1 aliphatic rings. The van der Waals surface area contributed by atoms with E-state index in [-0.39, 0.29) is 5.02 Å². The Hall–Kier alpha value is -1.34. The summed E-state index contributed by atoms with van der Waals surface area (Å²) in [5.74, 6) is -4.01. The molecule has 8 heteroatoms. The van der Waals surface area contributed by atoms with Gasteiger partial charge in [-0.05, 0) is 24.3 Å². The Morgan fingerprint density at radius 3 is 1.65 bits per heavy atom. The van der Waals surface area contributed by atoms with E-state index >= 15 is 0 Å². The maximum absolute atomic E-state index is 13.9. The van der Waals surface area contributed by atoms with Crippen LogP contribution in [-0.2, 0) is 10.9 Å². The number of fused-ring (bicyclic) bond motifs is 2. The van der Waals surface area contributed by atoms with Crippen LogP contribution in [-0.4, -0.2) is 0 Å². The molecule has 0 unspecified atom stereocenters. The molecule has 1 aliphatic heterocycles. The van der Waals surface area contributed by atoms with Crippen LogP contribution in [0.3, 0.4) is 0 Å². The van der Waals surface area contributed by atoms with Gasteiger partial charge >= 0.3 is 0 Å². The molecule has 0 amide bonds. The average Bonchev–Trinajstić information content (AvgIpc) is 2.59. The monoisotopic (exact) mass is 433 g/mol. The largest absolute Gasteiger partial charge is 0.204 e. The van der Waals surface area contributed by atoms with Gasteiger partial charge in [0.05, 0.1) is 19.8 Å². The van der Waals surface area contributed by atoms with Crippen molar-refractivity contribution in [2.45, 2.75) is 24.5 Å². The number of halogens is 6. The molecule has 26 heavy (non-hydrogen) atoms. The van der Waals surface area contributed by atoms with Crippen molar-refractivity contribution in [2.75, 3.05) is 0 Å². The van der Waals surface area contributed by atoms with Gasteiger partial charge < -0.3 is 0 Å². The minimum absolute atomic E-state index is 0.281. The van der Waals surface area contributed by atoms with Crippen LogP contribution in [0.25, 0.3) is 0 Å². The van der Waals surface area contributed by atoms with Crippen molar-refractivity contribution in [2.24, 2.45) is 0 Å². The van der Waals surface area contributed by atoms with E-state index in [0.29, 0.717) is 29.5 Å². The summed E-state index contributed by atoms with van der Waals surface area (Å²) in [6, 6.07) is 9.17. The molecule has 4 rings (SSSR count). The topological polar surface area (TPSA) is 0 Å². The Kier molecular flexibility index (Phi) is 4.63. The molecule has 0 aliphatic carbocycles. The van der Waals surface area contributed by atoms with Crippen molar-refractivity contribution in [3.8, 4) is 0 Å². The first kappa shape index (κ1) is 18.0. The molecular formula is C18H7Cl2F4S2+.